The molecule has 46 heavy (non-hydrogen) atoms. The Hall–Kier alpha value is -4.08. The summed E-state index contributed by atoms with van der Waals surface area (Å²) in [6.45, 7) is 10.8. The van der Waals surface area contributed by atoms with Gasteiger partial charge in [0.2, 0.25) is 0 Å². The van der Waals surface area contributed by atoms with Crippen molar-refractivity contribution in [3.8, 4) is 0 Å². The summed E-state index contributed by atoms with van der Waals surface area (Å²) >= 11 is 0. The largest absolute Gasteiger partial charge is 0.481 e. The van der Waals surface area contributed by atoms with E-state index in [4.69, 9.17) is 0 Å². The lowest BCUT2D eigenvalue weighted by Crippen LogP contribution is -2.73. The van der Waals surface area contributed by atoms with Crippen LogP contribution in [0.1, 0.15) is 70.1 Å². The minimum Gasteiger partial charge on any atom is -0.481 e. The van der Waals surface area contributed by atoms with Gasteiger partial charge in [-0.25, -0.2) is 0 Å². The lowest BCUT2D eigenvalue weighted by atomic mass is 9.45. The van der Waals surface area contributed by atoms with Gasteiger partial charge in [0.15, 0.2) is 0 Å². The summed E-state index contributed by atoms with van der Waals surface area (Å²) in [4.78, 5) is 40.7. The van der Waals surface area contributed by atoms with Crippen LogP contribution < -0.4 is 5.32 Å². The highest BCUT2D eigenvalue weighted by Crippen LogP contribution is 2.62. The number of nitrogens with zero attached hydrogens (tertiary/aromatic N) is 2. The lowest BCUT2D eigenvalue weighted by molar-refractivity contribution is -0.385. The molecule has 0 amide bonds. The standard InChI is InChI=1S/C37H45N3O6/c1-25-35(5,32(41)42)31(27-13-12-18-30(23-27)40(45)46)37(33(43)44,26(2)38-25)34(3,4)24-39-21-19-36(20-22-39,28-14-8-6-9-15-28)29-16-10-7-11-17-29/h6-18,23,25-26,31,38H,19-22,24H2,1-5H3,(H,41,42)(H,43,44)/t25?,26?,31-,35?,37?/m1/s1. The van der Waals surface area contributed by atoms with Gasteiger partial charge in [0.25, 0.3) is 5.69 Å². The van der Waals surface area contributed by atoms with Crippen molar-refractivity contribution in [2.75, 3.05) is 19.6 Å². The van der Waals surface area contributed by atoms with Gasteiger partial charge >= 0.3 is 11.9 Å². The molecule has 0 bridgehead atoms. The molecule has 2 aliphatic rings. The summed E-state index contributed by atoms with van der Waals surface area (Å²) in [5.41, 5.74) is -1.73. The predicted octanol–water partition coefficient (Wildman–Crippen LogP) is 6.33. The number of likely N-dealkylation sites (tertiary alicyclic amines) is 1. The second-order valence-electron chi connectivity index (χ2n) is 14.1. The van der Waals surface area contributed by atoms with Gasteiger partial charge in [0.05, 0.1) is 15.8 Å². The van der Waals surface area contributed by atoms with Crippen LogP contribution >= 0.6 is 0 Å². The van der Waals surface area contributed by atoms with Crippen LogP contribution in [-0.4, -0.2) is 63.7 Å². The monoisotopic (exact) mass is 627 g/mol. The number of nitro groups is 1. The number of nitrogens with one attached hydrogen (secondary N) is 1. The van der Waals surface area contributed by atoms with Crippen LogP contribution in [0.4, 0.5) is 5.69 Å². The highest BCUT2D eigenvalue weighted by Gasteiger charge is 2.70. The first kappa shape index (κ1) is 33.3. The van der Waals surface area contributed by atoms with Gasteiger partial charge in [0, 0.05) is 42.1 Å². The smallest absolute Gasteiger partial charge is 0.312 e. The molecule has 5 atom stereocenters. The molecule has 9 heteroatoms. The minimum absolute atomic E-state index is 0.184. The fourth-order valence-corrected chi connectivity index (χ4v) is 9.00. The molecule has 4 unspecified atom stereocenters. The van der Waals surface area contributed by atoms with Crippen LogP contribution in [0, 0.1) is 26.4 Å². The number of nitro benzene ring substituents is 1. The molecule has 0 saturated carbocycles. The van der Waals surface area contributed by atoms with Crippen molar-refractivity contribution >= 4 is 17.6 Å². The molecule has 0 radical (unpaired) electrons. The highest BCUT2D eigenvalue weighted by atomic mass is 16.6. The van der Waals surface area contributed by atoms with E-state index in [2.05, 4.69) is 58.7 Å². The Balaban J connectivity index is 1.57. The maximum atomic E-state index is 13.9. The van der Waals surface area contributed by atoms with Crippen molar-refractivity contribution in [3.63, 3.8) is 0 Å². The van der Waals surface area contributed by atoms with E-state index in [1.54, 1.807) is 19.9 Å². The van der Waals surface area contributed by atoms with Crippen molar-refractivity contribution in [1.82, 2.24) is 10.2 Å². The Bertz CT molecular complexity index is 1550. The van der Waals surface area contributed by atoms with Crippen LogP contribution in [0.5, 0.6) is 0 Å². The van der Waals surface area contributed by atoms with E-state index >= 15 is 0 Å². The van der Waals surface area contributed by atoms with Crippen LogP contribution in [0.15, 0.2) is 84.9 Å². The lowest BCUT2D eigenvalue weighted by Gasteiger charge is -2.62. The van der Waals surface area contributed by atoms with E-state index < -0.39 is 51.1 Å². The van der Waals surface area contributed by atoms with E-state index in [0.717, 1.165) is 25.9 Å². The van der Waals surface area contributed by atoms with E-state index in [1.165, 1.54) is 29.3 Å². The first-order chi connectivity index (χ1) is 21.7. The molecule has 2 saturated heterocycles. The third-order valence-electron chi connectivity index (χ3n) is 11.5. The Kier molecular flexibility index (Phi) is 8.87. The minimum atomic E-state index is -1.64. The van der Waals surface area contributed by atoms with Crippen molar-refractivity contribution < 1.29 is 24.7 Å². The van der Waals surface area contributed by atoms with Crippen molar-refractivity contribution in [2.45, 2.75) is 70.9 Å². The Labute approximate surface area is 270 Å². The van der Waals surface area contributed by atoms with Gasteiger partial charge in [0.1, 0.15) is 0 Å². The first-order valence-corrected chi connectivity index (χ1v) is 16.0. The second kappa shape index (κ2) is 12.3. The number of non-ortho nitro benzene ring substituents is 1. The molecule has 3 aromatic rings. The van der Waals surface area contributed by atoms with Gasteiger partial charge in [-0.3, -0.25) is 19.7 Å². The van der Waals surface area contributed by atoms with Crippen molar-refractivity contribution in [1.29, 1.82) is 0 Å². The number of piperidine rings is 2. The molecule has 2 aliphatic heterocycles. The average Bonchev–Trinajstić information content (AvgIpc) is 3.03. The highest BCUT2D eigenvalue weighted by molar-refractivity contribution is 5.84. The van der Waals surface area contributed by atoms with Gasteiger partial charge in [-0.1, -0.05) is 86.6 Å². The topological polar surface area (TPSA) is 133 Å². The van der Waals surface area contributed by atoms with E-state index in [1.807, 2.05) is 32.9 Å². The molecule has 2 fully saturated rings. The normalized spacial score (nSPS) is 28.3. The number of carbonyl (C=O) groups is 2. The van der Waals surface area contributed by atoms with Crippen LogP contribution in [0.25, 0.3) is 0 Å². The fourth-order valence-electron chi connectivity index (χ4n) is 9.00. The van der Waals surface area contributed by atoms with Gasteiger partial charge in [-0.2, -0.15) is 0 Å². The molecule has 0 aromatic heterocycles. The zero-order chi connectivity index (χ0) is 33.5. The number of carboxylic acid groups (broad SMARTS) is 2. The molecular formula is C37H45N3O6. The number of benzene rings is 3. The molecule has 9 nitrogen and oxygen atoms in total. The molecule has 5 rings (SSSR count). The number of aliphatic carboxylic acids is 2. The maximum absolute atomic E-state index is 13.9. The number of carboxylic acids is 2. The quantitative estimate of drug-likeness (QED) is 0.185. The van der Waals surface area contributed by atoms with Gasteiger partial charge < -0.3 is 20.4 Å². The van der Waals surface area contributed by atoms with E-state index in [-0.39, 0.29) is 11.1 Å². The second-order valence-corrected chi connectivity index (χ2v) is 14.1. The first-order valence-electron chi connectivity index (χ1n) is 16.0. The van der Waals surface area contributed by atoms with E-state index in [0.29, 0.717) is 12.1 Å². The van der Waals surface area contributed by atoms with Crippen molar-refractivity contribution in [2.24, 2.45) is 16.2 Å². The summed E-state index contributed by atoms with van der Waals surface area (Å²) in [5.74, 6) is -3.34. The summed E-state index contributed by atoms with van der Waals surface area (Å²) in [6.07, 6.45) is 1.67. The molecule has 0 aliphatic carbocycles. The van der Waals surface area contributed by atoms with E-state index in [9.17, 15) is 29.9 Å². The molecule has 244 valence electrons. The number of hydrogen-bond acceptors (Lipinski definition) is 6. The summed E-state index contributed by atoms with van der Waals surface area (Å²) in [5, 5.41) is 37.3. The summed E-state index contributed by atoms with van der Waals surface area (Å²) in [6, 6.07) is 25.6. The Morgan fingerprint density at radius 3 is 1.91 bits per heavy atom. The van der Waals surface area contributed by atoms with Crippen LogP contribution in [0.2, 0.25) is 0 Å². The number of hydrogen-bond donors (Lipinski definition) is 3. The molecule has 3 N–H and O–H groups in total. The average molecular weight is 628 g/mol. The third kappa shape index (κ3) is 5.19. The molecule has 0 spiro atoms. The zero-order valence-electron chi connectivity index (χ0n) is 27.3. The molecule has 2 heterocycles. The number of rotatable bonds is 9. The Morgan fingerprint density at radius 2 is 1.43 bits per heavy atom. The van der Waals surface area contributed by atoms with Gasteiger partial charge in [-0.15, -0.1) is 0 Å². The summed E-state index contributed by atoms with van der Waals surface area (Å²) < 4.78 is 0. The third-order valence-corrected chi connectivity index (χ3v) is 11.5. The molecular weight excluding hydrogens is 582 g/mol. The molecule has 3 aromatic carbocycles. The SMILES string of the molecule is CC1NC(C)C(C(=O)O)(C(C)(C)CN2CCC(c3ccccc3)(c3ccccc3)CC2)[C@H](c2cccc([N+](=O)[O-])c2)C1(C)C(=O)O. The van der Waals surface area contributed by atoms with Crippen molar-refractivity contribution in [3.05, 3.63) is 112 Å². The van der Waals surface area contributed by atoms with Crippen LogP contribution in [-0.2, 0) is 15.0 Å². The fraction of sp³-hybridized carbons (Fsp3) is 0.459. The Morgan fingerprint density at radius 1 is 0.891 bits per heavy atom. The van der Waals surface area contributed by atoms with Gasteiger partial charge in [-0.05, 0) is 68.8 Å². The predicted molar refractivity (Wildman–Crippen MR) is 177 cm³/mol. The summed E-state index contributed by atoms with van der Waals surface area (Å²) in [7, 11) is 0. The zero-order valence-corrected chi connectivity index (χ0v) is 27.3. The van der Waals surface area contributed by atoms with Crippen LogP contribution in [0.3, 0.4) is 0 Å². The maximum Gasteiger partial charge on any atom is 0.312 e.